The molecule has 3 unspecified atom stereocenters. The van der Waals surface area contributed by atoms with Gasteiger partial charge in [0.1, 0.15) is 12.2 Å². The lowest BCUT2D eigenvalue weighted by molar-refractivity contribution is 0.0217. The number of unbranched alkanes of at least 4 members (excludes halogenated alkanes) is 3. The molecule has 3 atom stereocenters. The monoisotopic (exact) mass is 286 g/mol. The molecule has 0 spiro atoms. The van der Waals surface area contributed by atoms with E-state index in [0.717, 1.165) is 45.9 Å². The van der Waals surface area contributed by atoms with Gasteiger partial charge in [0, 0.05) is 6.61 Å². The molecule has 118 valence electrons. The summed E-state index contributed by atoms with van der Waals surface area (Å²) in [6.45, 7) is 6.37. The summed E-state index contributed by atoms with van der Waals surface area (Å²) in [4.78, 5) is 0. The Hall–Kier alpha value is -0.160. The summed E-state index contributed by atoms with van der Waals surface area (Å²) in [6.07, 6.45) is 9.73. The van der Waals surface area contributed by atoms with Crippen molar-refractivity contribution in [3.63, 3.8) is 0 Å². The van der Waals surface area contributed by atoms with Gasteiger partial charge in [-0.2, -0.15) is 0 Å². The zero-order valence-electron chi connectivity index (χ0n) is 12.9. The standard InChI is InChI=1S/C16H30O4/c1-2-3-4-5-7-14(18-12-16-13-20-16)8-6-9-17-10-15-11-19-15/h14-16H,2-13H2,1H3. The van der Waals surface area contributed by atoms with Crippen LogP contribution in [0.25, 0.3) is 0 Å². The lowest BCUT2D eigenvalue weighted by Gasteiger charge is -2.17. The van der Waals surface area contributed by atoms with Crippen molar-refractivity contribution >= 4 is 0 Å². The van der Waals surface area contributed by atoms with Crippen molar-refractivity contribution in [2.45, 2.75) is 70.2 Å². The summed E-state index contributed by atoms with van der Waals surface area (Å²) in [5.74, 6) is 0. The Morgan fingerprint density at radius 1 is 0.950 bits per heavy atom. The average molecular weight is 286 g/mol. The molecule has 20 heavy (non-hydrogen) atoms. The molecule has 2 fully saturated rings. The van der Waals surface area contributed by atoms with E-state index in [-0.39, 0.29) is 0 Å². The predicted molar refractivity (Wildman–Crippen MR) is 78.0 cm³/mol. The van der Waals surface area contributed by atoms with Crippen molar-refractivity contribution < 1.29 is 18.9 Å². The zero-order valence-corrected chi connectivity index (χ0v) is 12.9. The van der Waals surface area contributed by atoms with Crippen LogP contribution in [0.1, 0.15) is 51.9 Å². The molecule has 4 heteroatoms. The lowest BCUT2D eigenvalue weighted by Crippen LogP contribution is -2.17. The van der Waals surface area contributed by atoms with Crippen LogP contribution in [0.5, 0.6) is 0 Å². The van der Waals surface area contributed by atoms with Gasteiger partial charge in [0.05, 0.1) is 32.5 Å². The van der Waals surface area contributed by atoms with Gasteiger partial charge in [-0.3, -0.25) is 0 Å². The molecule has 2 aliphatic rings. The van der Waals surface area contributed by atoms with Crippen molar-refractivity contribution in [2.24, 2.45) is 0 Å². The first-order valence-corrected chi connectivity index (χ1v) is 8.31. The van der Waals surface area contributed by atoms with Crippen molar-refractivity contribution in [1.82, 2.24) is 0 Å². The van der Waals surface area contributed by atoms with Crippen LogP contribution in [0.3, 0.4) is 0 Å². The summed E-state index contributed by atoms with van der Waals surface area (Å²) in [5, 5.41) is 0. The molecule has 0 radical (unpaired) electrons. The minimum absolute atomic E-state index is 0.372. The highest BCUT2D eigenvalue weighted by atomic mass is 16.6. The Balaban J connectivity index is 1.48. The topological polar surface area (TPSA) is 43.5 Å². The predicted octanol–water partition coefficient (Wildman–Crippen LogP) is 2.94. The van der Waals surface area contributed by atoms with Crippen molar-refractivity contribution in [2.75, 3.05) is 33.0 Å². The molecule has 2 aliphatic heterocycles. The van der Waals surface area contributed by atoms with E-state index < -0.39 is 0 Å². The number of hydrogen-bond donors (Lipinski definition) is 0. The summed E-state index contributed by atoms with van der Waals surface area (Å²) in [6, 6.07) is 0. The highest BCUT2D eigenvalue weighted by Gasteiger charge is 2.24. The molecule has 0 bridgehead atoms. The van der Waals surface area contributed by atoms with E-state index in [1.54, 1.807) is 0 Å². The van der Waals surface area contributed by atoms with Crippen LogP contribution in [-0.4, -0.2) is 51.3 Å². The van der Waals surface area contributed by atoms with Crippen LogP contribution in [0.2, 0.25) is 0 Å². The molecule has 0 N–H and O–H groups in total. The molecule has 2 heterocycles. The number of rotatable bonds is 14. The van der Waals surface area contributed by atoms with E-state index in [1.165, 1.54) is 32.1 Å². The fourth-order valence-electron chi connectivity index (χ4n) is 2.31. The lowest BCUT2D eigenvalue weighted by atomic mass is 10.1. The van der Waals surface area contributed by atoms with E-state index in [0.29, 0.717) is 18.3 Å². The second kappa shape index (κ2) is 9.72. The third kappa shape index (κ3) is 8.20. The van der Waals surface area contributed by atoms with Gasteiger partial charge in [-0.1, -0.05) is 32.6 Å². The second-order valence-corrected chi connectivity index (χ2v) is 5.93. The number of hydrogen-bond acceptors (Lipinski definition) is 4. The van der Waals surface area contributed by atoms with Crippen molar-refractivity contribution in [3.05, 3.63) is 0 Å². The SMILES string of the molecule is CCCCCCC(CCCOCC1CO1)OCC1CO1. The van der Waals surface area contributed by atoms with Crippen LogP contribution in [-0.2, 0) is 18.9 Å². The average Bonchev–Trinajstić information content (AvgIpc) is 3.33. The highest BCUT2D eigenvalue weighted by Crippen LogP contribution is 2.17. The Kier molecular flexibility index (Phi) is 7.88. The third-order valence-electron chi connectivity index (χ3n) is 3.82. The van der Waals surface area contributed by atoms with Crippen molar-refractivity contribution in [1.29, 1.82) is 0 Å². The molecule has 0 aliphatic carbocycles. The zero-order chi connectivity index (χ0) is 14.0. The van der Waals surface area contributed by atoms with Crippen LogP contribution >= 0.6 is 0 Å². The Morgan fingerprint density at radius 3 is 2.35 bits per heavy atom. The van der Waals surface area contributed by atoms with E-state index in [9.17, 15) is 0 Å². The van der Waals surface area contributed by atoms with Gasteiger partial charge in [-0.15, -0.1) is 0 Å². The van der Waals surface area contributed by atoms with Gasteiger partial charge >= 0.3 is 0 Å². The molecule has 0 amide bonds. The summed E-state index contributed by atoms with van der Waals surface area (Å²) in [7, 11) is 0. The first-order chi connectivity index (χ1) is 9.88. The van der Waals surface area contributed by atoms with Gasteiger partial charge < -0.3 is 18.9 Å². The first-order valence-electron chi connectivity index (χ1n) is 8.31. The summed E-state index contributed by atoms with van der Waals surface area (Å²) < 4.78 is 21.9. The number of epoxide rings is 2. The fourth-order valence-corrected chi connectivity index (χ4v) is 2.31. The van der Waals surface area contributed by atoms with Crippen LogP contribution in [0.15, 0.2) is 0 Å². The molecular formula is C16H30O4. The molecule has 0 aromatic carbocycles. The quantitative estimate of drug-likeness (QED) is 0.364. The van der Waals surface area contributed by atoms with Crippen LogP contribution in [0.4, 0.5) is 0 Å². The second-order valence-electron chi connectivity index (χ2n) is 5.93. The minimum atomic E-state index is 0.372. The maximum atomic E-state index is 5.98. The minimum Gasteiger partial charge on any atom is -0.379 e. The molecule has 2 saturated heterocycles. The van der Waals surface area contributed by atoms with Crippen molar-refractivity contribution in [3.8, 4) is 0 Å². The van der Waals surface area contributed by atoms with Crippen LogP contribution in [0, 0.1) is 0 Å². The molecule has 0 aromatic rings. The highest BCUT2D eigenvalue weighted by molar-refractivity contribution is 4.70. The van der Waals surface area contributed by atoms with Gasteiger partial charge in [-0.05, 0) is 19.3 Å². The van der Waals surface area contributed by atoms with Gasteiger partial charge in [-0.25, -0.2) is 0 Å². The van der Waals surface area contributed by atoms with E-state index in [1.807, 2.05) is 0 Å². The molecule has 0 saturated carbocycles. The van der Waals surface area contributed by atoms with Gasteiger partial charge in [0.2, 0.25) is 0 Å². The normalized spacial score (nSPS) is 25.6. The fraction of sp³-hybridized carbons (Fsp3) is 1.00. The third-order valence-corrected chi connectivity index (χ3v) is 3.82. The van der Waals surface area contributed by atoms with Gasteiger partial charge in [0.15, 0.2) is 0 Å². The van der Waals surface area contributed by atoms with E-state index in [4.69, 9.17) is 18.9 Å². The first kappa shape index (κ1) is 16.2. The van der Waals surface area contributed by atoms with E-state index >= 15 is 0 Å². The number of ether oxygens (including phenoxy) is 4. The molecule has 0 aromatic heterocycles. The van der Waals surface area contributed by atoms with E-state index in [2.05, 4.69) is 6.92 Å². The smallest absolute Gasteiger partial charge is 0.104 e. The molecule has 4 nitrogen and oxygen atoms in total. The molecular weight excluding hydrogens is 256 g/mol. The maximum absolute atomic E-state index is 5.98. The molecule has 2 rings (SSSR count). The summed E-state index contributed by atoms with van der Waals surface area (Å²) in [5.41, 5.74) is 0. The van der Waals surface area contributed by atoms with Gasteiger partial charge in [0.25, 0.3) is 0 Å². The Labute approximate surface area is 123 Å². The Bertz CT molecular complexity index is 239. The summed E-state index contributed by atoms with van der Waals surface area (Å²) >= 11 is 0. The maximum Gasteiger partial charge on any atom is 0.104 e. The largest absolute Gasteiger partial charge is 0.379 e. The van der Waals surface area contributed by atoms with Crippen LogP contribution < -0.4 is 0 Å². The Morgan fingerprint density at radius 2 is 1.65 bits per heavy atom.